The van der Waals surface area contributed by atoms with E-state index in [9.17, 15) is 0 Å². The van der Waals surface area contributed by atoms with Gasteiger partial charge in [-0.1, -0.05) is 49.4 Å². The van der Waals surface area contributed by atoms with E-state index in [1.54, 1.807) is 0 Å². The number of piperidine rings is 1. The van der Waals surface area contributed by atoms with E-state index in [0.717, 1.165) is 12.5 Å². The summed E-state index contributed by atoms with van der Waals surface area (Å²) in [5.74, 6) is 1.48. The van der Waals surface area contributed by atoms with Crippen LogP contribution in [0.1, 0.15) is 24.8 Å². The minimum Gasteiger partial charge on any atom is -0.316 e. The first-order chi connectivity index (χ1) is 8.33. The number of rotatable bonds is 1. The molecule has 1 aliphatic rings. The maximum Gasteiger partial charge on any atom is 0.00203 e. The van der Waals surface area contributed by atoms with Crippen molar-refractivity contribution < 1.29 is 0 Å². The molecule has 1 nitrogen and oxygen atoms in total. The largest absolute Gasteiger partial charge is 0.316 e. The Balaban J connectivity index is 1.94. The zero-order valence-electron chi connectivity index (χ0n) is 10.3. The van der Waals surface area contributed by atoms with Crippen LogP contribution in [-0.2, 0) is 0 Å². The first-order valence-electron chi connectivity index (χ1n) is 6.52. The smallest absolute Gasteiger partial charge is 0.00203 e. The van der Waals surface area contributed by atoms with Crippen molar-refractivity contribution in [2.75, 3.05) is 13.1 Å². The lowest BCUT2D eigenvalue weighted by molar-refractivity contribution is 0.364. The molecular formula is C16H19N. The minimum absolute atomic E-state index is 0.684. The van der Waals surface area contributed by atoms with Crippen LogP contribution in [0.3, 0.4) is 0 Å². The fraction of sp³-hybridized carbons (Fsp3) is 0.375. The SMILES string of the molecule is CC1CNCC(c2ccc3ccccc3c2)C1. The lowest BCUT2D eigenvalue weighted by Gasteiger charge is -2.28. The number of nitrogens with one attached hydrogen (secondary N) is 1. The molecule has 2 atom stereocenters. The molecule has 2 aromatic rings. The van der Waals surface area contributed by atoms with Crippen molar-refractivity contribution in [3.63, 3.8) is 0 Å². The van der Waals surface area contributed by atoms with Crippen molar-refractivity contribution in [2.45, 2.75) is 19.3 Å². The van der Waals surface area contributed by atoms with Crippen molar-refractivity contribution in [1.29, 1.82) is 0 Å². The van der Waals surface area contributed by atoms with Gasteiger partial charge in [-0.3, -0.25) is 0 Å². The Morgan fingerprint density at radius 2 is 1.82 bits per heavy atom. The molecule has 2 unspecified atom stereocenters. The van der Waals surface area contributed by atoms with E-state index in [0.29, 0.717) is 5.92 Å². The molecule has 1 fully saturated rings. The van der Waals surface area contributed by atoms with Crippen LogP contribution in [0.15, 0.2) is 42.5 Å². The number of fused-ring (bicyclic) bond motifs is 1. The molecule has 1 saturated heterocycles. The third-order valence-corrected chi connectivity index (χ3v) is 3.82. The summed E-state index contributed by atoms with van der Waals surface area (Å²) in [5, 5.41) is 6.24. The van der Waals surface area contributed by atoms with E-state index < -0.39 is 0 Å². The quantitative estimate of drug-likeness (QED) is 0.782. The second kappa shape index (κ2) is 4.50. The number of hydrogen-bond donors (Lipinski definition) is 1. The monoisotopic (exact) mass is 225 g/mol. The van der Waals surface area contributed by atoms with Gasteiger partial charge in [-0.05, 0) is 41.1 Å². The predicted octanol–water partition coefficient (Wildman–Crippen LogP) is 3.55. The van der Waals surface area contributed by atoms with Gasteiger partial charge in [0.15, 0.2) is 0 Å². The van der Waals surface area contributed by atoms with Gasteiger partial charge in [-0.25, -0.2) is 0 Å². The highest BCUT2D eigenvalue weighted by Crippen LogP contribution is 2.28. The fourth-order valence-corrected chi connectivity index (χ4v) is 2.87. The van der Waals surface area contributed by atoms with E-state index in [-0.39, 0.29) is 0 Å². The van der Waals surface area contributed by atoms with Crippen molar-refractivity contribution in [3.05, 3.63) is 48.0 Å². The van der Waals surface area contributed by atoms with Crippen LogP contribution in [0.5, 0.6) is 0 Å². The summed E-state index contributed by atoms with van der Waals surface area (Å²) in [7, 11) is 0. The first-order valence-corrected chi connectivity index (χ1v) is 6.52. The topological polar surface area (TPSA) is 12.0 Å². The summed E-state index contributed by atoms with van der Waals surface area (Å²) in [6.07, 6.45) is 1.31. The summed E-state index contributed by atoms with van der Waals surface area (Å²) in [4.78, 5) is 0. The molecule has 0 amide bonds. The summed E-state index contributed by atoms with van der Waals surface area (Å²) < 4.78 is 0. The van der Waals surface area contributed by atoms with Gasteiger partial charge in [0.05, 0.1) is 0 Å². The van der Waals surface area contributed by atoms with E-state index in [1.807, 2.05) is 0 Å². The Labute approximate surface area is 103 Å². The lowest BCUT2D eigenvalue weighted by Crippen LogP contribution is -2.33. The summed E-state index contributed by atoms with van der Waals surface area (Å²) in [6, 6.07) is 15.5. The van der Waals surface area contributed by atoms with Gasteiger partial charge in [0.25, 0.3) is 0 Å². The molecule has 2 aromatic carbocycles. The van der Waals surface area contributed by atoms with Gasteiger partial charge in [-0.15, -0.1) is 0 Å². The number of hydrogen-bond acceptors (Lipinski definition) is 1. The second-order valence-electron chi connectivity index (χ2n) is 5.30. The van der Waals surface area contributed by atoms with Crippen LogP contribution in [-0.4, -0.2) is 13.1 Å². The Morgan fingerprint density at radius 3 is 2.65 bits per heavy atom. The van der Waals surface area contributed by atoms with Gasteiger partial charge in [0.2, 0.25) is 0 Å². The Hall–Kier alpha value is -1.34. The van der Waals surface area contributed by atoms with Gasteiger partial charge in [0, 0.05) is 6.54 Å². The molecule has 0 aliphatic carbocycles. The van der Waals surface area contributed by atoms with Crippen LogP contribution in [0.25, 0.3) is 10.8 Å². The lowest BCUT2D eigenvalue weighted by atomic mass is 9.86. The Morgan fingerprint density at radius 1 is 1.00 bits per heavy atom. The maximum atomic E-state index is 3.53. The molecule has 0 aromatic heterocycles. The number of benzene rings is 2. The van der Waals surface area contributed by atoms with E-state index in [1.165, 1.54) is 29.3 Å². The molecule has 88 valence electrons. The van der Waals surface area contributed by atoms with Crippen LogP contribution in [0, 0.1) is 5.92 Å². The van der Waals surface area contributed by atoms with E-state index in [2.05, 4.69) is 54.7 Å². The molecule has 17 heavy (non-hydrogen) atoms. The average molecular weight is 225 g/mol. The normalized spacial score (nSPS) is 25.0. The van der Waals surface area contributed by atoms with Crippen molar-refractivity contribution in [1.82, 2.24) is 5.32 Å². The molecular weight excluding hydrogens is 206 g/mol. The van der Waals surface area contributed by atoms with Crippen LogP contribution in [0.2, 0.25) is 0 Å². The molecule has 0 saturated carbocycles. The van der Waals surface area contributed by atoms with Crippen LogP contribution in [0.4, 0.5) is 0 Å². The van der Waals surface area contributed by atoms with Gasteiger partial charge < -0.3 is 5.32 Å². The van der Waals surface area contributed by atoms with E-state index >= 15 is 0 Å². The third kappa shape index (κ3) is 2.20. The average Bonchev–Trinajstić information content (AvgIpc) is 2.38. The molecule has 1 aliphatic heterocycles. The molecule has 1 heteroatoms. The van der Waals surface area contributed by atoms with Crippen LogP contribution < -0.4 is 5.32 Å². The van der Waals surface area contributed by atoms with Crippen molar-refractivity contribution >= 4 is 10.8 Å². The van der Waals surface area contributed by atoms with Crippen molar-refractivity contribution in [2.24, 2.45) is 5.92 Å². The Bertz CT molecular complexity index is 518. The summed E-state index contributed by atoms with van der Waals surface area (Å²) >= 11 is 0. The van der Waals surface area contributed by atoms with Crippen LogP contribution >= 0.6 is 0 Å². The molecule has 3 rings (SSSR count). The minimum atomic E-state index is 0.684. The molecule has 1 N–H and O–H groups in total. The third-order valence-electron chi connectivity index (χ3n) is 3.82. The zero-order chi connectivity index (χ0) is 11.7. The van der Waals surface area contributed by atoms with Gasteiger partial charge in [-0.2, -0.15) is 0 Å². The summed E-state index contributed by atoms with van der Waals surface area (Å²) in [5.41, 5.74) is 1.49. The molecule has 0 spiro atoms. The standard InChI is InChI=1S/C16H19N/c1-12-8-16(11-17-10-12)15-7-6-13-4-2-3-5-14(13)9-15/h2-7,9,12,16-17H,8,10-11H2,1H3. The highest BCUT2D eigenvalue weighted by atomic mass is 14.9. The van der Waals surface area contributed by atoms with Crippen molar-refractivity contribution in [3.8, 4) is 0 Å². The van der Waals surface area contributed by atoms with Gasteiger partial charge >= 0.3 is 0 Å². The first kappa shape index (κ1) is 10.8. The van der Waals surface area contributed by atoms with E-state index in [4.69, 9.17) is 0 Å². The second-order valence-corrected chi connectivity index (χ2v) is 5.30. The predicted molar refractivity (Wildman–Crippen MR) is 73.3 cm³/mol. The zero-order valence-corrected chi connectivity index (χ0v) is 10.3. The molecule has 1 heterocycles. The summed E-state index contributed by atoms with van der Waals surface area (Å²) in [6.45, 7) is 4.63. The molecule has 0 radical (unpaired) electrons. The maximum absolute atomic E-state index is 3.53. The van der Waals surface area contributed by atoms with Gasteiger partial charge in [0.1, 0.15) is 0 Å². The molecule has 0 bridgehead atoms. The highest BCUT2D eigenvalue weighted by Gasteiger charge is 2.19. The Kier molecular flexibility index (Phi) is 2.86. The fourth-order valence-electron chi connectivity index (χ4n) is 2.87. The highest BCUT2D eigenvalue weighted by molar-refractivity contribution is 5.83.